The second-order valence-electron chi connectivity index (χ2n) is 4.55. The summed E-state index contributed by atoms with van der Waals surface area (Å²) in [5.74, 6) is 1.93. The van der Waals surface area contributed by atoms with Crippen LogP contribution in [0.15, 0.2) is 53.8 Å². The van der Waals surface area contributed by atoms with Crippen LogP contribution in [0.3, 0.4) is 0 Å². The number of rotatable bonds is 6. The molecule has 2 aromatic heterocycles. The van der Waals surface area contributed by atoms with Crippen molar-refractivity contribution in [2.24, 2.45) is 0 Å². The van der Waals surface area contributed by atoms with Gasteiger partial charge in [0.05, 0.1) is 5.69 Å². The van der Waals surface area contributed by atoms with Gasteiger partial charge in [0.1, 0.15) is 12.4 Å². The summed E-state index contributed by atoms with van der Waals surface area (Å²) in [7, 11) is 0. The van der Waals surface area contributed by atoms with Crippen molar-refractivity contribution >= 4 is 17.7 Å². The maximum absolute atomic E-state index is 5.70. The number of pyridine rings is 1. The van der Waals surface area contributed by atoms with Crippen LogP contribution in [0, 0.1) is 0 Å². The zero-order chi connectivity index (χ0) is 15.2. The first kappa shape index (κ1) is 14.4. The summed E-state index contributed by atoms with van der Waals surface area (Å²) in [6.45, 7) is 0.464. The molecule has 0 saturated carbocycles. The molecule has 0 amide bonds. The van der Waals surface area contributed by atoms with Crippen molar-refractivity contribution in [3.63, 3.8) is 0 Å². The molecule has 112 valence electrons. The molecule has 7 heteroatoms. The normalized spacial score (nSPS) is 10.5. The van der Waals surface area contributed by atoms with E-state index in [1.807, 2.05) is 42.5 Å². The third-order valence-electron chi connectivity index (χ3n) is 2.89. The van der Waals surface area contributed by atoms with Crippen molar-refractivity contribution in [3.05, 3.63) is 59.9 Å². The Hall–Kier alpha value is -2.54. The fraction of sp³-hybridized carbons (Fsp3) is 0.133. The number of H-pyrrole nitrogens is 1. The number of nitrogens with two attached hydrogens (primary N) is 1. The third-order valence-corrected chi connectivity index (χ3v) is 3.80. The van der Waals surface area contributed by atoms with E-state index in [2.05, 4.69) is 20.2 Å². The van der Waals surface area contributed by atoms with Gasteiger partial charge in [-0.25, -0.2) is 5.10 Å². The van der Waals surface area contributed by atoms with E-state index >= 15 is 0 Å². The highest BCUT2D eigenvalue weighted by molar-refractivity contribution is 7.98. The molecule has 3 aromatic rings. The summed E-state index contributed by atoms with van der Waals surface area (Å²) >= 11 is 1.53. The Bertz CT molecular complexity index is 714. The number of hydrogen-bond acceptors (Lipinski definition) is 6. The lowest BCUT2D eigenvalue weighted by atomic mass is 10.2. The Balaban J connectivity index is 1.51. The van der Waals surface area contributed by atoms with Gasteiger partial charge in [0, 0.05) is 11.9 Å². The lowest BCUT2D eigenvalue weighted by Gasteiger charge is -2.06. The molecule has 0 saturated heterocycles. The highest BCUT2D eigenvalue weighted by Crippen LogP contribution is 2.21. The number of benzene rings is 1. The summed E-state index contributed by atoms with van der Waals surface area (Å²) in [4.78, 5) is 8.27. The van der Waals surface area contributed by atoms with Crippen molar-refractivity contribution < 1.29 is 4.74 Å². The Morgan fingerprint density at radius 3 is 2.68 bits per heavy atom. The highest BCUT2D eigenvalue weighted by atomic mass is 32.2. The van der Waals surface area contributed by atoms with Crippen LogP contribution in [0.25, 0.3) is 0 Å². The minimum Gasteiger partial charge on any atom is -0.487 e. The Morgan fingerprint density at radius 1 is 1.14 bits per heavy atom. The van der Waals surface area contributed by atoms with Crippen LogP contribution in [-0.2, 0) is 12.4 Å². The zero-order valence-corrected chi connectivity index (χ0v) is 12.6. The molecule has 1 aromatic carbocycles. The van der Waals surface area contributed by atoms with E-state index in [1.165, 1.54) is 17.3 Å². The Kier molecular flexibility index (Phi) is 4.55. The topological polar surface area (TPSA) is 89.7 Å². The summed E-state index contributed by atoms with van der Waals surface area (Å²) < 4.78 is 5.70. The smallest absolute Gasteiger partial charge is 0.216 e. The van der Waals surface area contributed by atoms with Crippen LogP contribution in [0.1, 0.15) is 11.3 Å². The molecular formula is C15H15N5OS. The number of thioether (sulfide) groups is 1. The van der Waals surface area contributed by atoms with E-state index in [0.717, 1.165) is 17.2 Å². The summed E-state index contributed by atoms with van der Waals surface area (Å²) in [5, 5.41) is 7.24. The van der Waals surface area contributed by atoms with Crippen LogP contribution >= 0.6 is 11.8 Å². The van der Waals surface area contributed by atoms with Gasteiger partial charge in [-0.2, -0.15) is 4.98 Å². The van der Waals surface area contributed by atoms with Crippen LogP contribution in [0.2, 0.25) is 0 Å². The maximum atomic E-state index is 5.70. The molecule has 0 unspecified atom stereocenters. The Labute approximate surface area is 132 Å². The van der Waals surface area contributed by atoms with Gasteiger partial charge in [-0.15, -0.1) is 5.10 Å². The van der Waals surface area contributed by atoms with Crippen molar-refractivity contribution in [1.29, 1.82) is 0 Å². The van der Waals surface area contributed by atoms with Gasteiger partial charge in [-0.3, -0.25) is 4.98 Å². The van der Waals surface area contributed by atoms with Crippen molar-refractivity contribution in [2.75, 3.05) is 5.73 Å². The van der Waals surface area contributed by atoms with Crippen LogP contribution in [0.4, 0.5) is 5.95 Å². The Morgan fingerprint density at radius 2 is 2.00 bits per heavy atom. The summed E-state index contributed by atoms with van der Waals surface area (Å²) in [6, 6.07) is 13.7. The number of nitrogens with one attached hydrogen (secondary N) is 1. The first-order chi connectivity index (χ1) is 10.8. The van der Waals surface area contributed by atoms with Crippen molar-refractivity contribution in [1.82, 2.24) is 20.2 Å². The van der Waals surface area contributed by atoms with Gasteiger partial charge in [0.25, 0.3) is 0 Å². The lowest BCUT2D eigenvalue weighted by Crippen LogP contribution is -1.97. The standard InChI is InChI=1S/C15H15N5OS/c16-14-18-15(20-19-14)22-10-11-4-6-13(7-5-11)21-9-12-3-1-2-8-17-12/h1-8H,9-10H2,(H3,16,18,19,20). The molecular weight excluding hydrogens is 298 g/mol. The SMILES string of the molecule is Nc1nc(SCc2ccc(OCc3ccccn3)cc2)n[nH]1. The molecule has 6 nitrogen and oxygen atoms in total. The highest BCUT2D eigenvalue weighted by Gasteiger charge is 2.02. The van der Waals surface area contributed by atoms with E-state index in [-0.39, 0.29) is 0 Å². The van der Waals surface area contributed by atoms with Gasteiger partial charge >= 0.3 is 0 Å². The number of hydrogen-bond donors (Lipinski definition) is 2. The molecule has 0 fully saturated rings. The van der Waals surface area contributed by atoms with E-state index in [4.69, 9.17) is 10.5 Å². The number of nitrogen functional groups attached to an aromatic ring is 1. The van der Waals surface area contributed by atoms with Crippen molar-refractivity contribution in [3.8, 4) is 5.75 Å². The molecule has 0 atom stereocenters. The fourth-order valence-electron chi connectivity index (χ4n) is 1.79. The summed E-state index contributed by atoms with van der Waals surface area (Å²) in [6.07, 6.45) is 1.76. The van der Waals surface area contributed by atoms with E-state index in [9.17, 15) is 0 Å². The second-order valence-corrected chi connectivity index (χ2v) is 5.49. The average Bonchev–Trinajstić information content (AvgIpc) is 2.98. The molecule has 0 aliphatic rings. The van der Waals surface area contributed by atoms with Crippen molar-refractivity contribution in [2.45, 2.75) is 17.5 Å². The molecule has 2 heterocycles. The fourth-order valence-corrected chi connectivity index (χ4v) is 2.55. The van der Waals surface area contributed by atoms with Crippen LogP contribution in [-0.4, -0.2) is 20.2 Å². The predicted octanol–water partition coefficient (Wildman–Crippen LogP) is 2.65. The van der Waals surface area contributed by atoms with E-state index in [1.54, 1.807) is 6.20 Å². The maximum Gasteiger partial charge on any atom is 0.216 e. The number of aromatic nitrogens is 4. The first-order valence-corrected chi connectivity index (χ1v) is 7.70. The van der Waals surface area contributed by atoms with E-state index < -0.39 is 0 Å². The molecule has 0 aliphatic heterocycles. The van der Waals surface area contributed by atoms with Crippen LogP contribution in [0.5, 0.6) is 5.75 Å². The summed E-state index contributed by atoms with van der Waals surface area (Å²) in [5.41, 5.74) is 7.56. The lowest BCUT2D eigenvalue weighted by molar-refractivity contribution is 0.301. The molecule has 0 aliphatic carbocycles. The molecule has 22 heavy (non-hydrogen) atoms. The monoisotopic (exact) mass is 313 g/mol. The molecule has 3 N–H and O–H groups in total. The van der Waals surface area contributed by atoms with E-state index in [0.29, 0.717) is 17.7 Å². The average molecular weight is 313 g/mol. The molecule has 0 radical (unpaired) electrons. The van der Waals surface area contributed by atoms with Gasteiger partial charge in [-0.05, 0) is 29.8 Å². The molecule has 0 bridgehead atoms. The predicted molar refractivity (Wildman–Crippen MR) is 85.4 cm³/mol. The second kappa shape index (κ2) is 6.95. The van der Waals surface area contributed by atoms with Gasteiger partial charge in [-0.1, -0.05) is 30.0 Å². The minimum atomic E-state index is 0.334. The van der Waals surface area contributed by atoms with Gasteiger partial charge in [0.2, 0.25) is 11.1 Å². The quantitative estimate of drug-likeness (QED) is 0.680. The number of nitrogens with zero attached hydrogens (tertiary/aromatic N) is 3. The molecule has 3 rings (SSSR count). The number of anilines is 1. The number of ether oxygens (including phenoxy) is 1. The van der Waals surface area contributed by atoms with Crippen LogP contribution < -0.4 is 10.5 Å². The largest absolute Gasteiger partial charge is 0.487 e. The number of aromatic amines is 1. The first-order valence-electron chi connectivity index (χ1n) is 6.72. The third kappa shape index (κ3) is 3.98. The zero-order valence-electron chi connectivity index (χ0n) is 11.8. The van der Waals surface area contributed by atoms with Gasteiger partial charge < -0.3 is 10.5 Å². The minimum absolute atomic E-state index is 0.334. The van der Waals surface area contributed by atoms with Gasteiger partial charge in [0.15, 0.2) is 0 Å². The molecule has 0 spiro atoms.